The van der Waals surface area contributed by atoms with E-state index in [4.69, 9.17) is 9.84 Å². The van der Waals surface area contributed by atoms with Crippen LogP contribution in [-0.4, -0.2) is 82.9 Å². The number of carboxylic acids is 1. The molecule has 0 saturated carbocycles. The number of aromatic carboxylic acids is 1. The predicted octanol–water partition coefficient (Wildman–Crippen LogP) is 3.20. The van der Waals surface area contributed by atoms with Crippen LogP contribution in [0.1, 0.15) is 49.2 Å². The highest BCUT2D eigenvalue weighted by Crippen LogP contribution is 2.29. The van der Waals surface area contributed by atoms with Crippen molar-refractivity contribution < 1.29 is 29.3 Å². The number of anilines is 1. The lowest BCUT2D eigenvalue weighted by Crippen LogP contribution is -2.47. The van der Waals surface area contributed by atoms with Gasteiger partial charge in [0.2, 0.25) is 5.91 Å². The van der Waals surface area contributed by atoms with Crippen LogP contribution in [0.5, 0.6) is 5.75 Å². The number of amides is 3. The summed E-state index contributed by atoms with van der Waals surface area (Å²) >= 11 is 0. The first-order chi connectivity index (χ1) is 18.5. The van der Waals surface area contributed by atoms with E-state index in [1.165, 1.54) is 0 Å². The van der Waals surface area contributed by atoms with Gasteiger partial charge in [0.15, 0.2) is 0 Å². The number of aliphatic hydroxyl groups is 1. The molecule has 1 heterocycles. The van der Waals surface area contributed by atoms with Gasteiger partial charge in [0.1, 0.15) is 11.9 Å². The van der Waals surface area contributed by atoms with Gasteiger partial charge in [-0.05, 0) is 63.7 Å². The molecule has 4 N–H and O–H groups in total. The number of carbonyl (C=O) groups excluding carboxylic acids is 2. The number of benzene rings is 2. The molecule has 0 saturated heterocycles. The van der Waals surface area contributed by atoms with Crippen LogP contribution in [0.3, 0.4) is 0 Å². The number of fused-ring (bicyclic) bond motifs is 1. The van der Waals surface area contributed by atoms with Gasteiger partial charge in [-0.3, -0.25) is 9.69 Å². The third-order valence-electron chi connectivity index (χ3n) is 6.74. The van der Waals surface area contributed by atoms with Crippen molar-refractivity contribution in [2.45, 2.75) is 58.8 Å². The molecule has 0 unspecified atom stereocenters. The van der Waals surface area contributed by atoms with Crippen molar-refractivity contribution in [1.29, 1.82) is 0 Å². The molecule has 0 radical (unpaired) electrons. The van der Waals surface area contributed by atoms with Gasteiger partial charge in [-0.2, -0.15) is 0 Å². The Kier molecular flexibility index (Phi) is 10.3. The molecule has 0 aromatic heterocycles. The molecule has 1 aliphatic heterocycles. The van der Waals surface area contributed by atoms with Crippen LogP contribution >= 0.6 is 0 Å². The minimum absolute atomic E-state index is 0.0226. The average Bonchev–Trinajstić information content (AvgIpc) is 2.91. The molecule has 10 heteroatoms. The van der Waals surface area contributed by atoms with E-state index in [1.807, 2.05) is 34.7 Å². The maximum Gasteiger partial charge on any atom is 0.335 e. The van der Waals surface area contributed by atoms with Crippen molar-refractivity contribution in [2.24, 2.45) is 5.92 Å². The van der Waals surface area contributed by atoms with Crippen molar-refractivity contribution >= 4 is 23.6 Å². The summed E-state index contributed by atoms with van der Waals surface area (Å²) in [5.41, 5.74) is 2.42. The van der Waals surface area contributed by atoms with Crippen LogP contribution in [0.15, 0.2) is 42.5 Å². The summed E-state index contributed by atoms with van der Waals surface area (Å²) in [6.45, 7) is 8.99. The number of carbonyl (C=O) groups is 3. The maximum absolute atomic E-state index is 13.4. The fraction of sp³-hybridized carbons (Fsp3) is 0.483. The minimum atomic E-state index is -0.962. The average molecular weight is 541 g/mol. The largest absolute Gasteiger partial charge is 0.488 e. The van der Waals surface area contributed by atoms with Crippen LogP contribution in [0.4, 0.5) is 10.5 Å². The molecular weight excluding hydrogens is 500 g/mol. The molecular formula is C29H40N4O6. The summed E-state index contributed by atoms with van der Waals surface area (Å²) in [5, 5.41) is 24.6. The smallest absolute Gasteiger partial charge is 0.335 e. The van der Waals surface area contributed by atoms with Gasteiger partial charge in [-0.15, -0.1) is 0 Å². The minimum Gasteiger partial charge on any atom is -0.488 e. The van der Waals surface area contributed by atoms with Crippen molar-refractivity contribution in [3.8, 4) is 5.75 Å². The number of nitrogens with zero attached hydrogens (tertiary/aromatic N) is 2. The van der Waals surface area contributed by atoms with Crippen LogP contribution < -0.4 is 15.4 Å². The first-order valence-corrected chi connectivity index (χ1v) is 13.2. The van der Waals surface area contributed by atoms with E-state index < -0.39 is 5.97 Å². The molecule has 2 aromatic carbocycles. The second kappa shape index (κ2) is 13.4. The van der Waals surface area contributed by atoms with E-state index in [-0.39, 0.29) is 54.6 Å². The fourth-order valence-corrected chi connectivity index (χ4v) is 4.59. The highest BCUT2D eigenvalue weighted by atomic mass is 16.5. The second-order valence-electron chi connectivity index (χ2n) is 10.7. The molecule has 3 rings (SSSR count). The van der Waals surface area contributed by atoms with Crippen LogP contribution in [0.25, 0.3) is 0 Å². The summed E-state index contributed by atoms with van der Waals surface area (Å²) in [7, 11) is 1.97. The number of aliphatic hydroxyl groups excluding tert-OH is 1. The molecule has 0 spiro atoms. The Morgan fingerprint density at radius 3 is 2.46 bits per heavy atom. The fourth-order valence-electron chi connectivity index (χ4n) is 4.59. The highest BCUT2D eigenvalue weighted by Gasteiger charge is 2.31. The van der Waals surface area contributed by atoms with Crippen LogP contribution in [0.2, 0.25) is 0 Å². The number of hydrogen-bond donors (Lipinski definition) is 4. The Morgan fingerprint density at radius 1 is 1.15 bits per heavy atom. The van der Waals surface area contributed by atoms with Crippen molar-refractivity contribution in [3.63, 3.8) is 0 Å². The lowest BCUT2D eigenvalue weighted by atomic mass is 10.0. The molecule has 10 nitrogen and oxygen atoms in total. The van der Waals surface area contributed by atoms with Gasteiger partial charge >= 0.3 is 12.0 Å². The summed E-state index contributed by atoms with van der Waals surface area (Å²) in [6, 6.07) is 11.4. The van der Waals surface area contributed by atoms with Gasteiger partial charge in [0, 0.05) is 42.8 Å². The Labute approximate surface area is 229 Å². The molecule has 3 amide bonds. The highest BCUT2D eigenvalue weighted by molar-refractivity contribution is 5.90. The zero-order valence-electron chi connectivity index (χ0n) is 23.3. The summed E-state index contributed by atoms with van der Waals surface area (Å²) in [5.74, 6) is -0.561. The Balaban J connectivity index is 1.85. The Bertz CT molecular complexity index is 1150. The monoisotopic (exact) mass is 540 g/mol. The SMILES string of the molecule is CC(C)NC(=O)Nc1ccc2c(c1)CC(=O)N([C@@H](C)CO)C[C@H](C)[C@@H](CN(C)Cc1ccc(C(=O)O)cc1)O2. The van der Waals surface area contributed by atoms with E-state index in [1.54, 1.807) is 47.4 Å². The molecule has 0 bridgehead atoms. The van der Waals surface area contributed by atoms with Crippen molar-refractivity contribution in [3.05, 3.63) is 59.2 Å². The number of urea groups is 1. The third kappa shape index (κ3) is 8.43. The van der Waals surface area contributed by atoms with Gasteiger partial charge < -0.3 is 30.5 Å². The molecule has 212 valence electrons. The summed E-state index contributed by atoms with van der Waals surface area (Å²) in [4.78, 5) is 40.6. The first-order valence-electron chi connectivity index (χ1n) is 13.2. The lowest BCUT2D eigenvalue weighted by Gasteiger charge is -2.34. The lowest BCUT2D eigenvalue weighted by molar-refractivity contribution is -0.134. The Hall–Kier alpha value is -3.63. The number of rotatable bonds is 9. The molecule has 1 aliphatic rings. The number of hydrogen-bond acceptors (Lipinski definition) is 6. The number of carboxylic acid groups (broad SMARTS) is 1. The quantitative estimate of drug-likeness (QED) is 0.384. The van der Waals surface area contributed by atoms with E-state index in [9.17, 15) is 19.5 Å². The molecule has 3 atom stereocenters. The normalized spacial score (nSPS) is 18.5. The van der Waals surface area contributed by atoms with Gasteiger partial charge in [0.25, 0.3) is 0 Å². The molecule has 39 heavy (non-hydrogen) atoms. The second-order valence-corrected chi connectivity index (χ2v) is 10.7. The van der Waals surface area contributed by atoms with Crippen LogP contribution in [-0.2, 0) is 17.8 Å². The number of nitrogens with one attached hydrogen (secondary N) is 2. The Morgan fingerprint density at radius 2 is 1.85 bits per heavy atom. The number of likely N-dealkylation sites (N-methyl/N-ethyl adjacent to an activating group) is 1. The molecule has 2 aromatic rings. The van der Waals surface area contributed by atoms with E-state index in [0.29, 0.717) is 36.6 Å². The standard InChI is InChI=1S/C29H40N4O6/c1-18(2)30-29(38)31-24-10-11-25-23(12-24)13-27(35)33(20(4)17-34)14-19(3)26(39-25)16-32(5)15-21-6-8-22(9-7-21)28(36)37/h6-12,18-20,26,34H,13-17H2,1-5H3,(H,36,37)(H2,30,31,38)/t19-,20-,26+/m0/s1. The van der Waals surface area contributed by atoms with Crippen LogP contribution in [0, 0.1) is 5.92 Å². The van der Waals surface area contributed by atoms with Crippen molar-refractivity contribution in [2.75, 3.05) is 32.1 Å². The maximum atomic E-state index is 13.4. The zero-order chi connectivity index (χ0) is 28.7. The van der Waals surface area contributed by atoms with E-state index in [0.717, 1.165) is 5.56 Å². The zero-order valence-corrected chi connectivity index (χ0v) is 23.3. The van der Waals surface area contributed by atoms with Gasteiger partial charge in [0.05, 0.1) is 24.6 Å². The van der Waals surface area contributed by atoms with Gasteiger partial charge in [-0.1, -0.05) is 19.1 Å². The molecule has 0 fully saturated rings. The third-order valence-corrected chi connectivity index (χ3v) is 6.74. The first kappa shape index (κ1) is 29.9. The predicted molar refractivity (Wildman–Crippen MR) is 149 cm³/mol. The van der Waals surface area contributed by atoms with Crippen molar-refractivity contribution in [1.82, 2.24) is 15.1 Å². The van der Waals surface area contributed by atoms with E-state index in [2.05, 4.69) is 15.5 Å². The summed E-state index contributed by atoms with van der Waals surface area (Å²) in [6.07, 6.45) is -0.207. The number of ether oxygens (including phenoxy) is 1. The van der Waals surface area contributed by atoms with E-state index >= 15 is 0 Å². The molecule has 0 aliphatic carbocycles. The van der Waals surface area contributed by atoms with Gasteiger partial charge in [-0.25, -0.2) is 9.59 Å². The summed E-state index contributed by atoms with van der Waals surface area (Å²) < 4.78 is 6.53. The topological polar surface area (TPSA) is 131 Å².